The summed E-state index contributed by atoms with van der Waals surface area (Å²) >= 11 is 7.54. The van der Waals surface area contributed by atoms with Crippen LogP contribution in [0.3, 0.4) is 0 Å². The normalized spacial score (nSPS) is 11.5. The first-order valence-corrected chi connectivity index (χ1v) is 11.0. The SMILES string of the molecule is COc1ccc(NC(=O)C(C)Sc2ccc(NC(=O)Cc3ccccc3)cc2)cc1Cl. The zero-order valence-corrected chi connectivity index (χ0v) is 18.8. The number of methoxy groups -OCH3 is 1. The van der Waals surface area contributed by atoms with E-state index < -0.39 is 0 Å². The van der Waals surface area contributed by atoms with Crippen LogP contribution >= 0.6 is 23.4 Å². The Morgan fingerprint density at radius 3 is 2.29 bits per heavy atom. The Morgan fingerprint density at radius 1 is 0.968 bits per heavy atom. The van der Waals surface area contributed by atoms with Gasteiger partial charge in [-0.25, -0.2) is 0 Å². The van der Waals surface area contributed by atoms with Crippen molar-refractivity contribution in [2.24, 2.45) is 0 Å². The second-order valence-electron chi connectivity index (χ2n) is 6.83. The fourth-order valence-electron chi connectivity index (χ4n) is 2.85. The van der Waals surface area contributed by atoms with Gasteiger partial charge in [0.05, 0.1) is 23.8 Å². The minimum atomic E-state index is -0.320. The van der Waals surface area contributed by atoms with Crippen LogP contribution < -0.4 is 15.4 Å². The number of hydrogen-bond donors (Lipinski definition) is 2. The quantitative estimate of drug-likeness (QED) is 0.431. The Labute approximate surface area is 191 Å². The van der Waals surface area contributed by atoms with Crippen molar-refractivity contribution in [3.05, 3.63) is 83.4 Å². The molecule has 0 fully saturated rings. The maximum atomic E-state index is 12.5. The van der Waals surface area contributed by atoms with Crippen LogP contribution in [0, 0.1) is 0 Å². The second-order valence-corrected chi connectivity index (χ2v) is 8.65. The van der Waals surface area contributed by atoms with Gasteiger partial charge in [-0.2, -0.15) is 0 Å². The third-order valence-corrected chi connectivity index (χ3v) is 5.85. The van der Waals surface area contributed by atoms with Crippen LogP contribution in [0.2, 0.25) is 5.02 Å². The van der Waals surface area contributed by atoms with Crippen molar-refractivity contribution in [2.45, 2.75) is 23.5 Å². The lowest BCUT2D eigenvalue weighted by atomic mass is 10.1. The standard InChI is InChI=1S/C24H23ClN2O3S/c1-16(24(29)27-19-10-13-22(30-2)21(25)15-19)31-20-11-8-18(9-12-20)26-23(28)14-17-6-4-3-5-7-17/h3-13,15-16H,14H2,1-2H3,(H,26,28)(H,27,29). The van der Waals surface area contributed by atoms with E-state index in [1.807, 2.05) is 61.5 Å². The third kappa shape index (κ3) is 6.77. The smallest absolute Gasteiger partial charge is 0.237 e. The molecule has 0 saturated carbocycles. The molecular formula is C24H23ClN2O3S. The van der Waals surface area contributed by atoms with Gasteiger partial charge in [-0.1, -0.05) is 41.9 Å². The van der Waals surface area contributed by atoms with Crippen molar-refractivity contribution in [1.82, 2.24) is 0 Å². The van der Waals surface area contributed by atoms with Gasteiger partial charge >= 0.3 is 0 Å². The number of rotatable bonds is 8. The van der Waals surface area contributed by atoms with Gasteiger partial charge in [0, 0.05) is 16.3 Å². The Bertz CT molecular complexity index is 1040. The molecule has 2 amide bonds. The maximum Gasteiger partial charge on any atom is 0.237 e. The van der Waals surface area contributed by atoms with E-state index in [0.29, 0.717) is 22.9 Å². The average Bonchev–Trinajstić information content (AvgIpc) is 2.76. The van der Waals surface area contributed by atoms with E-state index >= 15 is 0 Å². The van der Waals surface area contributed by atoms with E-state index in [2.05, 4.69) is 10.6 Å². The molecule has 0 heterocycles. The molecule has 0 bridgehead atoms. The Morgan fingerprint density at radius 2 is 1.65 bits per heavy atom. The number of halogens is 1. The number of anilines is 2. The van der Waals surface area contributed by atoms with Crippen LogP contribution in [-0.4, -0.2) is 24.2 Å². The van der Waals surface area contributed by atoms with Crippen LogP contribution in [-0.2, 0) is 16.0 Å². The van der Waals surface area contributed by atoms with Crippen molar-refractivity contribution in [3.8, 4) is 5.75 Å². The van der Waals surface area contributed by atoms with Gasteiger partial charge < -0.3 is 15.4 Å². The minimum absolute atomic E-state index is 0.0718. The number of carbonyl (C=O) groups excluding carboxylic acids is 2. The van der Waals surface area contributed by atoms with Crippen LogP contribution in [0.15, 0.2) is 77.7 Å². The highest BCUT2D eigenvalue weighted by Gasteiger charge is 2.15. The fraction of sp³-hybridized carbons (Fsp3) is 0.167. The summed E-state index contributed by atoms with van der Waals surface area (Å²) in [7, 11) is 1.54. The van der Waals surface area contributed by atoms with E-state index in [1.165, 1.54) is 18.9 Å². The number of carbonyl (C=O) groups is 2. The average molecular weight is 455 g/mol. The third-order valence-electron chi connectivity index (χ3n) is 4.45. The predicted octanol–water partition coefficient (Wildman–Crippen LogP) is 5.65. The predicted molar refractivity (Wildman–Crippen MR) is 127 cm³/mol. The zero-order chi connectivity index (χ0) is 22.2. The molecule has 1 unspecified atom stereocenters. The summed E-state index contributed by atoms with van der Waals surface area (Å²) in [6.45, 7) is 1.83. The molecule has 3 aromatic carbocycles. The molecule has 3 rings (SSSR count). The molecule has 0 aliphatic heterocycles. The van der Waals surface area contributed by atoms with E-state index in [4.69, 9.17) is 16.3 Å². The molecule has 0 aromatic heterocycles. The molecular weight excluding hydrogens is 432 g/mol. The molecule has 1 atom stereocenters. The van der Waals surface area contributed by atoms with Gasteiger partial charge in [0.15, 0.2) is 0 Å². The fourth-order valence-corrected chi connectivity index (χ4v) is 3.97. The first-order chi connectivity index (χ1) is 14.9. The first-order valence-electron chi connectivity index (χ1n) is 9.69. The topological polar surface area (TPSA) is 67.4 Å². The molecule has 0 spiro atoms. The molecule has 0 aliphatic carbocycles. The van der Waals surface area contributed by atoms with Crippen molar-refractivity contribution in [1.29, 1.82) is 0 Å². The number of hydrogen-bond acceptors (Lipinski definition) is 4. The molecule has 0 radical (unpaired) electrons. The van der Waals surface area contributed by atoms with Gasteiger partial charge in [0.1, 0.15) is 5.75 Å². The van der Waals surface area contributed by atoms with Crippen molar-refractivity contribution in [2.75, 3.05) is 17.7 Å². The molecule has 160 valence electrons. The van der Waals surface area contributed by atoms with Gasteiger partial charge in [0.2, 0.25) is 11.8 Å². The molecule has 0 saturated heterocycles. The first kappa shape index (κ1) is 22.7. The lowest BCUT2D eigenvalue weighted by Gasteiger charge is -2.13. The van der Waals surface area contributed by atoms with Gasteiger partial charge in [-0.15, -0.1) is 11.8 Å². The van der Waals surface area contributed by atoms with E-state index in [9.17, 15) is 9.59 Å². The summed E-state index contributed by atoms with van der Waals surface area (Å²) in [4.78, 5) is 25.6. The van der Waals surface area contributed by atoms with E-state index in [-0.39, 0.29) is 17.1 Å². The van der Waals surface area contributed by atoms with Crippen molar-refractivity contribution >= 4 is 46.6 Å². The molecule has 2 N–H and O–H groups in total. The Hall–Kier alpha value is -2.96. The van der Waals surface area contributed by atoms with Gasteiger partial charge in [-0.3, -0.25) is 9.59 Å². The van der Waals surface area contributed by atoms with Crippen molar-refractivity contribution in [3.63, 3.8) is 0 Å². The summed E-state index contributed by atoms with van der Waals surface area (Å²) in [5.74, 6) is 0.349. The maximum absolute atomic E-state index is 12.5. The molecule has 7 heteroatoms. The number of thioether (sulfide) groups is 1. The number of nitrogens with one attached hydrogen (secondary N) is 2. The Kier molecular flexibility index (Phi) is 7.98. The minimum Gasteiger partial charge on any atom is -0.495 e. The van der Waals surface area contributed by atoms with E-state index in [1.54, 1.807) is 18.2 Å². The summed E-state index contributed by atoms with van der Waals surface area (Å²) in [5, 5.41) is 5.86. The lowest BCUT2D eigenvalue weighted by molar-refractivity contribution is -0.116. The second kappa shape index (κ2) is 10.9. The van der Waals surface area contributed by atoms with Crippen LogP contribution in [0.5, 0.6) is 5.75 Å². The van der Waals surface area contributed by atoms with Crippen LogP contribution in [0.1, 0.15) is 12.5 Å². The zero-order valence-electron chi connectivity index (χ0n) is 17.2. The summed E-state index contributed by atoms with van der Waals surface area (Å²) in [6.07, 6.45) is 0.323. The molecule has 31 heavy (non-hydrogen) atoms. The highest BCUT2D eigenvalue weighted by molar-refractivity contribution is 8.00. The largest absolute Gasteiger partial charge is 0.495 e. The number of ether oxygens (including phenoxy) is 1. The van der Waals surface area contributed by atoms with E-state index in [0.717, 1.165) is 16.1 Å². The van der Waals surface area contributed by atoms with Crippen LogP contribution in [0.4, 0.5) is 11.4 Å². The summed E-state index contributed by atoms with van der Waals surface area (Å²) in [5.41, 5.74) is 2.29. The monoisotopic (exact) mass is 454 g/mol. The van der Waals surface area contributed by atoms with Gasteiger partial charge in [-0.05, 0) is 55.0 Å². The highest BCUT2D eigenvalue weighted by Crippen LogP contribution is 2.29. The lowest BCUT2D eigenvalue weighted by Crippen LogP contribution is -2.22. The summed E-state index contributed by atoms with van der Waals surface area (Å²) < 4.78 is 5.12. The number of amides is 2. The molecule has 3 aromatic rings. The molecule has 5 nitrogen and oxygen atoms in total. The van der Waals surface area contributed by atoms with Crippen LogP contribution in [0.25, 0.3) is 0 Å². The van der Waals surface area contributed by atoms with Gasteiger partial charge in [0.25, 0.3) is 0 Å². The Balaban J connectivity index is 1.52. The number of benzene rings is 3. The highest BCUT2D eigenvalue weighted by atomic mass is 35.5. The summed E-state index contributed by atoms with van der Waals surface area (Å²) in [6, 6.07) is 22.1. The van der Waals surface area contributed by atoms with Crippen molar-refractivity contribution < 1.29 is 14.3 Å². The molecule has 0 aliphatic rings.